The van der Waals surface area contributed by atoms with E-state index < -0.39 is 18.6 Å². The molecule has 0 aromatic heterocycles. The molecule has 1 saturated heterocycles. The van der Waals surface area contributed by atoms with E-state index in [1.165, 1.54) is 12.1 Å². The van der Waals surface area contributed by atoms with Gasteiger partial charge in [0.25, 0.3) is 0 Å². The van der Waals surface area contributed by atoms with E-state index in [2.05, 4.69) is 5.32 Å². The first-order chi connectivity index (χ1) is 9.88. The summed E-state index contributed by atoms with van der Waals surface area (Å²) >= 11 is 0. The Hall–Kier alpha value is -1.47. The third kappa shape index (κ3) is 4.25. The van der Waals surface area contributed by atoms with Crippen molar-refractivity contribution in [1.29, 1.82) is 0 Å². The lowest BCUT2D eigenvalue weighted by Gasteiger charge is -2.35. The molecule has 118 valence electrons. The van der Waals surface area contributed by atoms with Crippen LogP contribution in [0.5, 0.6) is 11.5 Å². The second-order valence-electron chi connectivity index (χ2n) is 5.17. The maximum absolute atomic E-state index is 12.5. The molecule has 0 saturated carbocycles. The Morgan fingerprint density at radius 2 is 1.86 bits per heavy atom. The Balaban J connectivity index is 2.23. The highest BCUT2D eigenvalue weighted by Gasteiger charge is 2.32. The molecular formula is C14H19F3N2O2. The Morgan fingerprint density at radius 1 is 1.19 bits per heavy atom. The van der Waals surface area contributed by atoms with Crippen LogP contribution in [-0.4, -0.2) is 47.5 Å². The van der Waals surface area contributed by atoms with Gasteiger partial charge in [-0.15, -0.1) is 0 Å². The van der Waals surface area contributed by atoms with Crippen molar-refractivity contribution in [2.24, 2.45) is 0 Å². The maximum Gasteiger partial charge on any atom is 0.389 e. The van der Waals surface area contributed by atoms with Crippen LogP contribution in [-0.2, 0) is 0 Å². The Labute approximate surface area is 121 Å². The first-order valence-corrected chi connectivity index (χ1v) is 6.91. The number of para-hydroxylation sites is 1. The number of phenols is 2. The predicted molar refractivity (Wildman–Crippen MR) is 72.2 cm³/mol. The number of piperazine rings is 1. The number of nitrogens with zero attached hydrogens (tertiary/aromatic N) is 1. The summed E-state index contributed by atoms with van der Waals surface area (Å²) in [6, 6.07) is 3.86. The lowest BCUT2D eigenvalue weighted by atomic mass is 9.98. The van der Waals surface area contributed by atoms with Gasteiger partial charge in [-0.05, 0) is 12.5 Å². The van der Waals surface area contributed by atoms with Crippen LogP contribution in [0.2, 0.25) is 0 Å². The average molecular weight is 304 g/mol. The molecule has 2 rings (SSSR count). The van der Waals surface area contributed by atoms with E-state index in [-0.39, 0.29) is 17.9 Å². The molecular weight excluding hydrogens is 285 g/mol. The average Bonchev–Trinajstić information content (AvgIpc) is 2.43. The summed E-state index contributed by atoms with van der Waals surface area (Å²) in [6.45, 7) is 2.61. The zero-order valence-corrected chi connectivity index (χ0v) is 11.5. The molecule has 0 spiro atoms. The molecule has 0 radical (unpaired) electrons. The molecule has 1 atom stereocenters. The zero-order chi connectivity index (χ0) is 15.5. The van der Waals surface area contributed by atoms with Crippen LogP contribution in [0, 0.1) is 0 Å². The summed E-state index contributed by atoms with van der Waals surface area (Å²) < 4.78 is 37.6. The highest BCUT2D eigenvalue weighted by atomic mass is 19.4. The lowest BCUT2D eigenvalue weighted by Crippen LogP contribution is -2.45. The van der Waals surface area contributed by atoms with Gasteiger partial charge < -0.3 is 15.5 Å². The van der Waals surface area contributed by atoms with Crippen molar-refractivity contribution in [1.82, 2.24) is 10.2 Å². The summed E-state index contributed by atoms with van der Waals surface area (Å²) in [6.07, 6.45) is -5.30. The van der Waals surface area contributed by atoms with Crippen molar-refractivity contribution in [2.75, 3.05) is 26.2 Å². The molecule has 7 heteroatoms. The summed E-state index contributed by atoms with van der Waals surface area (Å²) in [7, 11) is 0. The van der Waals surface area contributed by atoms with E-state index in [1.54, 1.807) is 6.07 Å². The summed E-state index contributed by atoms with van der Waals surface area (Å²) in [5.74, 6) is -0.636. The van der Waals surface area contributed by atoms with Gasteiger partial charge in [0.2, 0.25) is 0 Å². The second kappa shape index (κ2) is 6.53. The minimum Gasteiger partial charge on any atom is -0.504 e. The molecule has 1 aromatic carbocycles. The van der Waals surface area contributed by atoms with Crippen LogP contribution in [0.3, 0.4) is 0 Å². The number of halogens is 3. The second-order valence-corrected chi connectivity index (χ2v) is 5.17. The van der Waals surface area contributed by atoms with Crippen molar-refractivity contribution in [3.05, 3.63) is 23.8 Å². The molecule has 1 heterocycles. The van der Waals surface area contributed by atoms with Crippen LogP contribution in [0.4, 0.5) is 13.2 Å². The molecule has 1 fully saturated rings. The highest BCUT2D eigenvalue weighted by Crippen LogP contribution is 2.39. The summed E-state index contributed by atoms with van der Waals surface area (Å²) in [4.78, 5) is 1.91. The van der Waals surface area contributed by atoms with Crippen LogP contribution < -0.4 is 5.32 Å². The van der Waals surface area contributed by atoms with Crippen LogP contribution in [0.1, 0.15) is 24.4 Å². The highest BCUT2D eigenvalue weighted by molar-refractivity contribution is 5.46. The molecule has 0 bridgehead atoms. The Morgan fingerprint density at radius 3 is 2.48 bits per heavy atom. The van der Waals surface area contributed by atoms with Gasteiger partial charge in [0, 0.05) is 44.2 Å². The maximum atomic E-state index is 12.5. The van der Waals surface area contributed by atoms with Crippen LogP contribution in [0.25, 0.3) is 0 Å². The number of nitrogens with one attached hydrogen (secondary N) is 1. The number of rotatable bonds is 4. The van der Waals surface area contributed by atoms with Gasteiger partial charge in [-0.2, -0.15) is 13.2 Å². The monoisotopic (exact) mass is 304 g/mol. The zero-order valence-electron chi connectivity index (χ0n) is 11.5. The molecule has 1 aromatic rings. The SMILES string of the molecule is Oc1cccc([C@@H](CCC(F)(F)F)N2CCNCC2)c1O. The first-order valence-electron chi connectivity index (χ1n) is 6.91. The van der Waals surface area contributed by atoms with Crippen LogP contribution >= 0.6 is 0 Å². The van der Waals surface area contributed by atoms with Crippen molar-refractivity contribution >= 4 is 0 Å². The van der Waals surface area contributed by atoms with E-state index in [1.807, 2.05) is 4.90 Å². The van der Waals surface area contributed by atoms with Gasteiger partial charge >= 0.3 is 6.18 Å². The molecule has 1 aliphatic rings. The summed E-state index contributed by atoms with van der Waals surface area (Å²) in [5, 5.41) is 22.7. The van der Waals surface area contributed by atoms with Gasteiger partial charge in [-0.3, -0.25) is 4.90 Å². The number of phenolic OH excluding ortho intramolecular Hbond substituents is 2. The van der Waals surface area contributed by atoms with Crippen molar-refractivity contribution in [3.63, 3.8) is 0 Å². The van der Waals surface area contributed by atoms with Gasteiger partial charge in [0.05, 0.1) is 0 Å². The van der Waals surface area contributed by atoms with Crippen molar-refractivity contribution < 1.29 is 23.4 Å². The Bertz CT molecular complexity index is 474. The van der Waals surface area contributed by atoms with Gasteiger partial charge in [-0.25, -0.2) is 0 Å². The van der Waals surface area contributed by atoms with Gasteiger partial charge in [0.15, 0.2) is 11.5 Å². The van der Waals surface area contributed by atoms with Gasteiger partial charge in [0.1, 0.15) is 0 Å². The number of benzene rings is 1. The third-order valence-corrected chi connectivity index (χ3v) is 3.70. The number of aromatic hydroxyl groups is 2. The number of alkyl halides is 3. The Kier molecular flexibility index (Phi) is 4.95. The molecule has 3 N–H and O–H groups in total. The topological polar surface area (TPSA) is 55.7 Å². The molecule has 21 heavy (non-hydrogen) atoms. The minimum absolute atomic E-state index is 0.138. The third-order valence-electron chi connectivity index (χ3n) is 3.70. The van der Waals surface area contributed by atoms with E-state index in [0.29, 0.717) is 31.7 Å². The van der Waals surface area contributed by atoms with E-state index in [4.69, 9.17) is 0 Å². The molecule has 0 unspecified atom stereocenters. The fraction of sp³-hybridized carbons (Fsp3) is 0.571. The standard InChI is InChI=1S/C14H19F3N2O2/c15-14(16,17)5-4-11(19-8-6-18-7-9-19)10-2-1-3-12(20)13(10)21/h1-3,11,18,20-21H,4-9H2/t11-/m1/s1. The number of hydrogen-bond donors (Lipinski definition) is 3. The fourth-order valence-electron chi connectivity index (χ4n) is 2.65. The largest absolute Gasteiger partial charge is 0.504 e. The quantitative estimate of drug-likeness (QED) is 0.748. The molecule has 0 amide bonds. The van der Waals surface area contributed by atoms with E-state index in [9.17, 15) is 23.4 Å². The number of hydrogen-bond acceptors (Lipinski definition) is 4. The minimum atomic E-state index is -4.24. The molecule has 4 nitrogen and oxygen atoms in total. The van der Waals surface area contributed by atoms with Crippen LogP contribution in [0.15, 0.2) is 18.2 Å². The van der Waals surface area contributed by atoms with Gasteiger partial charge in [-0.1, -0.05) is 12.1 Å². The predicted octanol–water partition coefficient (Wildman–Crippen LogP) is 2.39. The smallest absolute Gasteiger partial charge is 0.389 e. The van der Waals surface area contributed by atoms with E-state index in [0.717, 1.165) is 0 Å². The lowest BCUT2D eigenvalue weighted by molar-refractivity contribution is -0.138. The van der Waals surface area contributed by atoms with E-state index >= 15 is 0 Å². The van der Waals surface area contributed by atoms with Crippen molar-refractivity contribution in [3.8, 4) is 11.5 Å². The molecule has 0 aliphatic carbocycles. The summed E-state index contributed by atoms with van der Waals surface area (Å²) in [5.41, 5.74) is 0.348. The van der Waals surface area contributed by atoms with Crippen molar-refractivity contribution in [2.45, 2.75) is 25.1 Å². The normalized spacial score (nSPS) is 18.6. The molecule has 1 aliphatic heterocycles. The fourth-order valence-corrected chi connectivity index (χ4v) is 2.65. The first kappa shape index (κ1) is 15.9.